The number of hydrogen-bond donors (Lipinski definition) is 2. The minimum atomic E-state index is -3.65. The summed E-state index contributed by atoms with van der Waals surface area (Å²) in [5.41, 5.74) is 1.47. The van der Waals surface area contributed by atoms with Crippen molar-refractivity contribution in [2.75, 3.05) is 6.54 Å². The van der Waals surface area contributed by atoms with E-state index in [0.29, 0.717) is 4.88 Å². The van der Waals surface area contributed by atoms with Gasteiger partial charge in [0.05, 0.1) is 12.3 Å². The normalized spacial score (nSPS) is 11.7. The number of hydroxylamine groups is 1. The molecule has 0 aliphatic rings. The van der Waals surface area contributed by atoms with Crippen LogP contribution in [0, 0.1) is 0 Å². The summed E-state index contributed by atoms with van der Waals surface area (Å²) in [6, 6.07) is 7.13. The maximum atomic E-state index is 12.5. The molecule has 0 fully saturated rings. The van der Waals surface area contributed by atoms with Crippen LogP contribution in [0.25, 0.3) is 0 Å². The molecule has 2 N–H and O–H groups in total. The molecule has 6 nitrogen and oxygen atoms in total. The van der Waals surface area contributed by atoms with Crippen molar-refractivity contribution in [2.45, 2.75) is 12.3 Å². The lowest BCUT2D eigenvalue weighted by atomic mass is 10.4. The molecule has 0 saturated heterocycles. The molecule has 0 saturated carbocycles. The van der Waals surface area contributed by atoms with Gasteiger partial charge >= 0.3 is 0 Å². The van der Waals surface area contributed by atoms with Crippen LogP contribution in [0.15, 0.2) is 35.0 Å². The van der Waals surface area contributed by atoms with Crippen LogP contribution in [0.1, 0.15) is 9.75 Å². The summed E-state index contributed by atoms with van der Waals surface area (Å²) in [4.78, 5) is 12.9. The first kappa shape index (κ1) is 16.1. The average Bonchev–Trinajstić information content (AvgIpc) is 3.10. The molecule has 114 valence electrons. The van der Waals surface area contributed by atoms with E-state index in [1.807, 2.05) is 11.4 Å². The highest BCUT2D eigenvalue weighted by Crippen LogP contribution is 2.19. The molecule has 2 rings (SSSR count). The van der Waals surface area contributed by atoms with E-state index in [0.717, 1.165) is 9.18 Å². The van der Waals surface area contributed by atoms with Crippen LogP contribution in [0.4, 0.5) is 0 Å². The quantitative estimate of drug-likeness (QED) is 0.589. The maximum absolute atomic E-state index is 12.5. The van der Waals surface area contributed by atoms with E-state index in [1.54, 1.807) is 23.6 Å². The lowest BCUT2D eigenvalue weighted by Crippen LogP contribution is -2.39. The standard InChI is InChI=1S/C12H14N2O4S3/c15-12(13-16)8-14(7-10-3-1-5-19-10)21(17,18)9-11-4-2-6-20-11/h1-6,16H,7-9H2,(H,13,15). The van der Waals surface area contributed by atoms with Crippen molar-refractivity contribution in [3.8, 4) is 0 Å². The monoisotopic (exact) mass is 346 g/mol. The fourth-order valence-electron chi connectivity index (χ4n) is 1.69. The predicted molar refractivity (Wildman–Crippen MR) is 81.6 cm³/mol. The van der Waals surface area contributed by atoms with Gasteiger partial charge in [-0.2, -0.15) is 4.31 Å². The van der Waals surface area contributed by atoms with Crippen molar-refractivity contribution in [1.29, 1.82) is 0 Å². The summed E-state index contributed by atoms with van der Waals surface area (Å²) >= 11 is 2.76. The molecular weight excluding hydrogens is 332 g/mol. The Hall–Kier alpha value is -1.26. The zero-order valence-corrected chi connectivity index (χ0v) is 13.4. The van der Waals surface area contributed by atoms with Crippen molar-refractivity contribution in [3.63, 3.8) is 0 Å². The van der Waals surface area contributed by atoms with Crippen LogP contribution in [0.2, 0.25) is 0 Å². The largest absolute Gasteiger partial charge is 0.289 e. The minimum Gasteiger partial charge on any atom is -0.289 e. The molecule has 9 heteroatoms. The molecular formula is C12H14N2O4S3. The van der Waals surface area contributed by atoms with Gasteiger partial charge in [0.15, 0.2) is 0 Å². The Morgan fingerprint density at radius 1 is 1.19 bits per heavy atom. The number of rotatable bonds is 7. The van der Waals surface area contributed by atoms with Gasteiger partial charge in [0, 0.05) is 16.3 Å². The van der Waals surface area contributed by atoms with Crippen LogP contribution >= 0.6 is 22.7 Å². The van der Waals surface area contributed by atoms with Gasteiger partial charge in [0.1, 0.15) is 0 Å². The second kappa shape index (κ2) is 7.14. The second-order valence-corrected chi connectivity index (χ2v) is 8.25. The fourth-order valence-corrected chi connectivity index (χ4v) is 4.99. The van der Waals surface area contributed by atoms with Gasteiger partial charge in [-0.15, -0.1) is 22.7 Å². The van der Waals surface area contributed by atoms with Crippen LogP contribution in [0.5, 0.6) is 0 Å². The summed E-state index contributed by atoms with van der Waals surface area (Å²) in [7, 11) is -3.65. The van der Waals surface area contributed by atoms with E-state index in [2.05, 4.69) is 0 Å². The number of carbonyl (C=O) groups is 1. The molecule has 0 atom stereocenters. The van der Waals surface area contributed by atoms with Gasteiger partial charge in [-0.3, -0.25) is 10.0 Å². The predicted octanol–water partition coefficient (Wildman–Crippen LogP) is 1.65. The number of thiophene rings is 2. The Labute approximate surface area is 130 Å². The van der Waals surface area contributed by atoms with E-state index < -0.39 is 22.5 Å². The molecule has 0 aliphatic carbocycles. The first-order valence-electron chi connectivity index (χ1n) is 5.97. The smallest absolute Gasteiger partial charge is 0.258 e. The summed E-state index contributed by atoms with van der Waals surface area (Å²) < 4.78 is 26.0. The number of amides is 1. The van der Waals surface area contributed by atoms with Gasteiger partial charge in [-0.05, 0) is 22.9 Å². The highest BCUT2D eigenvalue weighted by Gasteiger charge is 2.25. The topological polar surface area (TPSA) is 86.7 Å². The highest BCUT2D eigenvalue weighted by atomic mass is 32.2. The maximum Gasteiger partial charge on any atom is 0.258 e. The van der Waals surface area contributed by atoms with Gasteiger partial charge in [0.25, 0.3) is 5.91 Å². The first-order chi connectivity index (χ1) is 10.0. The molecule has 0 bridgehead atoms. The summed E-state index contributed by atoms with van der Waals surface area (Å²) in [5, 5.41) is 12.3. The van der Waals surface area contributed by atoms with Crippen LogP contribution in [-0.4, -0.2) is 30.4 Å². The Morgan fingerprint density at radius 3 is 2.33 bits per heavy atom. The SMILES string of the molecule is O=C(CN(Cc1cccs1)S(=O)(=O)Cc1cccs1)NO. The van der Waals surface area contributed by atoms with Crippen molar-refractivity contribution in [1.82, 2.24) is 9.79 Å². The minimum absolute atomic E-state index is 0.110. The Balaban J connectivity index is 2.18. The first-order valence-corrected chi connectivity index (χ1v) is 9.33. The Bertz CT molecular complexity index is 665. The third-order valence-corrected chi connectivity index (χ3v) is 6.30. The molecule has 0 aromatic carbocycles. The van der Waals surface area contributed by atoms with E-state index >= 15 is 0 Å². The molecule has 0 aliphatic heterocycles. The van der Waals surface area contributed by atoms with Crippen molar-refractivity contribution < 1.29 is 18.4 Å². The fraction of sp³-hybridized carbons (Fsp3) is 0.250. The van der Waals surface area contributed by atoms with E-state index in [-0.39, 0.29) is 12.3 Å². The van der Waals surface area contributed by atoms with E-state index in [1.165, 1.54) is 28.2 Å². The summed E-state index contributed by atoms with van der Waals surface area (Å²) in [6.07, 6.45) is 0. The highest BCUT2D eigenvalue weighted by molar-refractivity contribution is 7.88. The third kappa shape index (κ3) is 4.61. The van der Waals surface area contributed by atoms with Crippen molar-refractivity contribution in [3.05, 3.63) is 44.8 Å². The van der Waals surface area contributed by atoms with Gasteiger partial charge in [-0.1, -0.05) is 12.1 Å². The Kier molecular flexibility index (Phi) is 5.48. The van der Waals surface area contributed by atoms with Gasteiger partial charge in [0.2, 0.25) is 10.0 Å². The zero-order valence-electron chi connectivity index (χ0n) is 10.9. The third-order valence-electron chi connectivity index (χ3n) is 2.66. The number of nitrogens with zero attached hydrogens (tertiary/aromatic N) is 1. The molecule has 0 radical (unpaired) electrons. The lowest BCUT2D eigenvalue weighted by molar-refractivity contribution is -0.129. The van der Waals surface area contributed by atoms with Gasteiger partial charge in [-0.25, -0.2) is 13.9 Å². The van der Waals surface area contributed by atoms with Crippen molar-refractivity contribution in [2.24, 2.45) is 0 Å². The van der Waals surface area contributed by atoms with Crippen LogP contribution in [0.3, 0.4) is 0 Å². The van der Waals surface area contributed by atoms with E-state index in [4.69, 9.17) is 5.21 Å². The zero-order chi connectivity index (χ0) is 15.3. The molecule has 0 unspecified atom stereocenters. The molecule has 21 heavy (non-hydrogen) atoms. The second-order valence-electron chi connectivity index (χ2n) is 4.22. The summed E-state index contributed by atoms with van der Waals surface area (Å²) in [6.45, 7) is -0.305. The number of carbonyl (C=O) groups excluding carboxylic acids is 1. The van der Waals surface area contributed by atoms with Crippen LogP contribution in [-0.2, 0) is 27.1 Å². The molecule has 0 spiro atoms. The lowest BCUT2D eigenvalue weighted by Gasteiger charge is -2.20. The van der Waals surface area contributed by atoms with E-state index in [9.17, 15) is 13.2 Å². The van der Waals surface area contributed by atoms with Gasteiger partial charge < -0.3 is 0 Å². The molecule has 1 amide bonds. The van der Waals surface area contributed by atoms with Crippen molar-refractivity contribution >= 4 is 38.6 Å². The average molecular weight is 346 g/mol. The number of hydrogen-bond acceptors (Lipinski definition) is 6. The molecule has 2 aromatic heterocycles. The number of sulfonamides is 1. The summed E-state index contributed by atoms with van der Waals surface area (Å²) in [5.74, 6) is -0.921. The molecule has 2 aromatic rings. The van der Waals surface area contributed by atoms with Crippen LogP contribution < -0.4 is 5.48 Å². The molecule has 2 heterocycles. The number of nitrogens with one attached hydrogen (secondary N) is 1. The Morgan fingerprint density at radius 2 is 1.81 bits per heavy atom.